The van der Waals surface area contributed by atoms with Crippen molar-refractivity contribution in [1.29, 1.82) is 0 Å². The molecule has 2 N–H and O–H groups in total. The van der Waals surface area contributed by atoms with Crippen LogP contribution >= 0.6 is 11.6 Å². The molecule has 0 aliphatic heterocycles. The molecular formula is C26H28ClN3O4. The SMILES string of the molecule is COc1cccc(NC(=O)COc2ccc(C(=O)NC[C@@H](c3ccccc3Cl)N(C)C)cc2)c1. The maximum Gasteiger partial charge on any atom is 0.262 e. The first-order valence-electron chi connectivity index (χ1n) is 10.7. The summed E-state index contributed by atoms with van der Waals surface area (Å²) in [6, 6.07) is 21.2. The van der Waals surface area contributed by atoms with Crippen LogP contribution in [0, 0.1) is 0 Å². The molecule has 0 bridgehead atoms. The van der Waals surface area contributed by atoms with Crippen LogP contribution in [0.5, 0.6) is 11.5 Å². The van der Waals surface area contributed by atoms with Crippen LogP contribution in [-0.4, -0.2) is 51.1 Å². The number of carbonyl (C=O) groups is 2. The van der Waals surface area contributed by atoms with Crippen molar-refractivity contribution in [2.75, 3.05) is 39.7 Å². The van der Waals surface area contributed by atoms with Gasteiger partial charge in [0.1, 0.15) is 11.5 Å². The summed E-state index contributed by atoms with van der Waals surface area (Å²) in [4.78, 5) is 26.8. The maximum absolute atomic E-state index is 12.6. The van der Waals surface area contributed by atoms with Gasteiger partial charge in [-0.1, -0.05) is 35.9 Å². The smallest absolute Gasteiger partial charge is 0.262 e. The van der Waals surface area contributed by atoms with E-state index in [1.165, 1.54) is 0 Å². The summed E-state index contributed by atoms with van der Waals surface area (Å²) in [7, 11) is 5.45. The van der Waals surface area contributed by atoms with Gasteiger partial charge >= 0.3 is 0 Å². The Bertz CT molecular complexity index is 1120. The molecule has 34 heavy (non-hydrogen) atoms. The van der Waals surface area contributed by atoms with Gasteiger partial charge in [-0.25, -0.2) is 0 Å². The highest BCUT2D eigenvalue weighted by Gasteiger charge is 2.18. The normalized spacial score (nSPS) is 11.6. The Morgan fingerprint density at radius 1 is 0.971 bits per heavy atom. The molecular weight excluding hydrogens is 454 g/mol. The number of amides is 2. The monoisotopic (exact) mass is 481 g/mol. The van der Waals surface area contributed by atoms with Crippen LogP contribution < -0.4 is 20.1 Å². The Labute approximate surface area is 204 Å². The summed E-state index contributed by atoms with van der Waals surface area (Å²) in [5, 5.41) is 6.37. The Balaban J connectivity index is 1.51. The molecule has 3 aromatic carbocycles. The lowest BCUT2D eigenvalue weighted by molar-refractivity contribution is -0.118. The van der Waals surface area contributed by atoms with Crippen molar-refractivity contribution in [3.63, 3.8) is 0 Å². The van der Waals surface area contributed by atoms with Gasteiger partial charge in [0, 0.05) is 28.9 Å². The summed E-state index contributed by atoms with van der Waals surface area (Å²) in [6.45, 7) is 0.239. The van der Waals surface area contributed by atoms with E-state index in [1.54, 1.807) is 55.6 Å². The third-order valence-electron chi connectivity index (χ3n) is 5.18. The lowest BCUT2D eigenvalue weighted by Crippen LogP contribution is -2.34. The lowest BCUT2D eigenvalue weighted by atomic mass is 10.1. The fourth-order valence-electron chi connectivity index (χ4n) is 3.36. The van der Waals surface area contributed by atoms with Gasteiger partial charge in [0.2, 0.25) is 0 Å². The van der Waals surface area contributed by atoms with Crippen LogP contribution in [0.3, 0.4) is 0 Å². The van der Waals surface area contributed by atoms with E-state index in [0.29, 0.717) is 34.3 Å². The number of rotatable bonds is 10. The Morgan fingerprint density at radius 3 is 2.38 bits per heavy atom. The van der Waals surface area contributed by atoms with Gasteiger partial charge in [-0.15, -0.1) is 0 Å². The van der Waals surface area contributed by atoms with Gasteiger partial charge < -0.3 is 25.0 Å². The number of nitrogens with zero attached hydrogens (tertiary/aromatic N) is 1. The van der Waals surface area contributed by atoms with Crippen molar-refractivity contribution < 1.29 is 19.1 Å². The maximum atomic E-state index is 12.6. The van der Waals surface area contributed by atoms with E-state index in [2.05, 4.69) is 10.6 Å². The number of likely N-dealkylation sites (N-methyl/N-ethyl adjacent to an activating group) is 1. The predicted octanol–water partition coefficient (Wildman–Crippen LogP) is 4.40. The lowest BCUT2D eigenvalue weighted by Gasteiger charge is -2.26. The summed E-state index contributed by atoms with van der Waals surface area (Å²) in [6.07, 6.45) is 0. The third-order valence-corrected chi connectivity index (χ3v) is 5.53. The molecule has 0 aliphatic carbocycles. The van der Waals surface area contributed by atoms with E-state index < -0.39 is 0 Å². The largest absolute Gasteiger partial charge is 0.497 e. The molecule has 3 rings (SSSR count). The molecule has 2 amide bonds. The number of methoxy groups -OCH3 is 1. The van der Waals surface area contributed by atoms with Crippen LogP contribution in [0.2, 0.25) is 5.02 Å². The average Bonchev–Trinajstić information content (AvgIpc) is 2.84. The Kier molecular flexibility index (Phi) is 8.90. The average molecular weight is 482 g/mol. The molecule has 0 saturated heterocycles. The van der Waals surface area contributed by atoms with Crippen molar-refractivity contribution in [2.45, 2.75) is 6.04 Å². The number of halogens is 1. The zero-order chi connectivity index (χ0) is 24.5. The fourth-order valence-corrected chi connectivity index (χ4v) is 3.62. The second kappa shape index (κ2) is 12.1. The molecule has 0 fully saturated rings. The van der Waals surface area contributed by atoms with Gasteiger partial charge in [0.05, 0.1) is 13.2 Å². The molecule has 7 nitrogen and oxygen atoms in total. The highest BCUT2D eigenvalue weighted by atomic mass is 35.5. The van der Waals surface area contributed by atoms with E-state index in [-0.39, 0.29) is 24.5 Å². The topological polar surface area (TPSA) is 79.9 Å². The first-order valence-corrected chi connectivity index (χ1v) is 11.1. The minimum absolute atomic E-state index is 0.0663. The molecule has 0 heterocycles. The van der Waals surface area contributed by atoms with Gasteiger partial charge in [0.15, 0.2) is 6.61 Å². The molecule has 0 radical (unpaired) electrons. The van der Waals surface area contributed by atoms with E-state index in [1.807, 2.05) is 43.3 Å². The second-order valence-electron chi connectivity index (χ2n) is 7.80. The number of benzene rings is 3. The van der Waals surface area contributed by atoms with Crippen LogP contribution in [0.25, 0.3) is 0 Å². The Morgan fingerprint density at radius 2 is 1.71 bits per heavy atom. The van der Waals surface area contributed by atoms with E-state index in [4.69, 9.17) is 21.1 Å². The number of hydrogen-bond acceptors (Lipinski definition) is 5. The molecule has 0 unspecified atom stereocenters. The fraction of sp³-hybridized carbons (Fsp3) is 0.231. The molecule has 0 aliphatic rings. The minimum Gasteiger partial charge on any atom is -0.497 e. The zero-order valence-corrected chi connectivity index (χ0v) is 20.1. The number of ether oxygens (including phenoxy) is 2. The zero-order valence-electron chi connectivity index (χ0n) is 19.4. The second-order valence-corrected chi connectivity index (χ2v) is 8.21. The third kappa shape index (κ3) is 6.97. The van der Waals surface area contributed by atoms with Crippen molar-refractivity contribution in [2.24, 2.45) is 0 Å². The summed E-state index contributed by atoms with van der Waals surface area (Å²) in [5.74, 6) is 0.626. The van der Waals surface area contributed by atoms with Gasteiger partial charge in [-0.2, -0.15) is 0 Å². The minimum atomic E-state index is -0.302. The van der Waals surface area contributed by atoms with Crippen molar-refractivity contribution in [1.82, 2.24) is 10.2 Å². The standard InChI is InChI=1S/C26H28ClN3O4/c1-30(2)24(22-9-4-5-10-23(22)27)16-28-26(32)18-11-13-20(14-12-18)34-17-25(31)29-19-7-6-8-21(15-19)33-3/h4-15,24H,16-17H2,1-3H3,(H,28,32)(H,29,31)/t24-/m0/s1. The van der Waals surface area contributed by atoms with Gasteiger partial charge in [-0.05, 0) is 62.1 Å². The van der Waals surface area contributed by atoms with Crippen LogP contribution in [0.15, 0.2) is 72.8 Å². The predicted molar refractivity (Wildman–Crippen MR) is 134 cm³/mol. The first kappa shape index (κ1) is 25.1. The molecule has 8 heteroatoms. The van der Waals surface area contributed by atoms with Crippen molar-refractivity contribution in [3.8, 4) is 11.5 Å². The molecule has 0 spiro atoms. The van der Waals surface area contributed by atoms with Crippen LogP contribution in [-0.2, 0) is 4.79 Å². The quantitative estimate of drug-likeness (QED) is 0.448. The van der Waals surface area contributed by atoms with Gasteiger partial charge in [-0.3, -0.25) is 9.59 Å². The van der Waals surface area contributed by atoms with Crippen LogP contribution in [0.1, 0.15) is 22.0 Å². The Hall–Kier alpha value is -3.55. The van der Waals surface area contributed by atoms with Crippen molar-refractivity contribution in [3.05, 3.63) is 88.9 Å². The molecule has 3 aromatic rings. The number of nitrogens with one attached hydrogen (secondary N) is 2. The highest BCUT2D eigenvalue weighted by molar-refractivity contribution is 6.31. The summed E-state index contributed by atoms with van der Waals surface area (Å²) >= 11 is 6.34. The molecule has 0 aromatic heterocycles. The molecule has 178 valence electrons. The molecule has 0 saturated carbocycles. The van der Waals surface area contributed by atoms with E-state index in [0.717, 1.165) is 5.56 Å². The van der Waals surface area contributed by atoms with E-state index in [9.17, 15) is 9.59 Å². The molecule has 1 atom stereocenters. The number of hydrogen-bond donors (Lipinski definition) is 2. The number of anilines is 1. The first-order chi connectivity index (χ1) is 16.4. The summed E-state index contributed by atoms with van der Waals surface area (Å²) in [5.41, 5.74) is 2.06. The van der Waals surface area contributed by atoms with Crippen LogP contribution in [0.4, 0.5) is 5.69 Å². The van der Waals surface area contributed by atoms with Gasteiger partial charge in [0.25, 0.3) is 11.8 Å². The summed E-state index contributed by atoms with van der Waals surface area (Å²) < 4.78 is 10.7. The highest BCUT2D eigenvalue weighted by Crippen LogP contribution is 2.25. The number of carbonyl (C=O) groups excluding carboxylic acids is 2. The van der Waals surface area contributed by atoms with Crippen molar-refractivity contribution >= 4 is 29.1 Å². The van der Waals surface area contributed by atoms with E-state index >= 15 is 0 Å².